The smallest absolute Gasteiger partial charge is 0.239 e. The average molecular weight is 249 g/mol. The van der Waals surface area contributed by atoms with Crippen LogP contribution >= 0.6 is 0 Å². The van der Waals surface area contributed by atoms with Gasteiger partial charge in [0.25, 0.3) is 0 Å². The van der Waals surface area contributed by atoms with Crippen molar-refractivity contribution in [2.24, 2.45) is 5.73 Å². The van der Waals surface area contributed by atoms with E-state index in [1.54, 1.807) is 11.8 Å². The van der Waals surface area contributed by atoms with E-state index in [2.05, 4.69) is 4.72 Å². The van der Waals surface area contributed by atoms with E-state index in [0.29, 0.717) is 13.1 Å². The molecule has 1 amide bonds. The fourth-order valence-electron chi connectivity index (χ4n) is 1.86. The highest BCUT2D eigenvalue weighted by molar-refractivity contribution is 7.88. The number of carbonyl (C=O) groups excluding carboxylic acids is 1. The molecule has 0 aromatic heterocycles. The monoisotopic (exact) mass is 249 g/mol. The minimum atomic E-state index is -3.21. The Hall–Kier alpha value is -0.660. The van der Waals surface area contributed by atoms with E-state index >= 15 is 0 Å². The molecule has 7 heteroatoms. The molecule has 0 bridgehead atoms. The first-order valence-corrected chi connectivity index (χ1v) is 7.20. The first-order chi connectivity index (χ1) is 7.29. The molecular formula is C9H19N3O3S. The number of carbonyl (C=O) groups is 1. The Morgan fingerprint density at radius 1 is 1.56 bits per heavy atom. The molecule has 3 N–H and O–H groups in total. The Kier molecular flexibility index (Phi) is 4.28. The highest BCUT2D eigenvalue weighted by atomic mass is 32.2. The maximum Gasteiger partial charge on any atom is 0.239 e. The van der Waals surface area contributed by atoms with Crippen LogP contribution in [0.1, 0.15) is 19.8 Å². The van der Waals surface area contributed by atoms with E-state index in [0.717, 1.165) is 19.1 Å². The predicted molar refractivity (Wildman–Crippen MR) is 61.2 cm³/mol. The maximum atomic E-state index is 11.6. The highest BCUT2D eigenvalue weighted by Crippen LogP contribution is 2.11. The topological polar surface area (TPSA) is 92.5 Å². The molecule has 1 rings (SSSR count). The third-order valence-corrected chi connectivity index (χ3v) is 3.26. The van der Waals surface area contributed by atoms with Gasteiger partial charge in [-0.3, -0.25) is 4.79 Å². The van der Waals surface area contributed by atoms with Crippen LogP contribution in [-0.4, -0.2) is 50.7 Å². The van der Waals surface area contributed by atoms with Gasteiger partial charge in [-0.2, -0.15) is 0 Å². The molecular weight excluding hydrogens is 230 g/mol. The molecule has 0 saturated carbocycles. The lowest BCUT2D eigenvalue weighted by molar-refractivity contribution is -0.133. The highest BCUT2D eigenvalue weighted by Gasteiger charge is 2.26. The van der Waals surface area contributed by atoms with Crippen molar-refractivity contribution in [2.45, 2.75) is 31.8 Å². The number of amides is 1. The molecule has 2 atom stereocenters. The van der Waals surface area contributed by atoms with E-state index in [-0.39, 0.29) is 11.9 Å². The number of nitrogens with one attached hydrogen (secondary N) is 1. The molecule has 0 aliphatic carbocycles. The maximum absolute atomic E-state index is 11.6. The van der Waals surface area contributed by atoms with Gasteiger partial charge in [-0.05, 0) is 19.8 Å². The second kappa shape index (κ2) is 5.11. The normalized spacial score (nSPS) is 24.2. The number of nitrogens with zero attached hydrogens (tertiary/aromatic N) is 1. The molecule has 94 valence electrons. The second-order valence-electron chi connectivity index (χ2n) is 4.30. The zero-order valence-corrected chi connectivity index (χ0v) is 10.5. The number of likely N-dealkylation sites (tertiary alicyclic amines) is 1. The van der Waals surface area contributed by atoms with Crippen molar-refractivity contribution >= 4 is 15.9 Å². The van der Waals surface area contributed by atoms with Crippen LogP contribution < -0.4 is 10.5 Å². The van der Waals surface area contributed by atoms with Crippen LogP contribution in [-0.2, 0) is 14.8 Å². The summed E-state index contributed by atoms with van der Waals surface area (Å²) in [7, 11) is -3.21. The molecule has 0 radical (unpaired) electrons. The van der Waals surface area contributed by atoms with Gasteiger partial charge in [0, 0.05) is 19.1 Å². The van der Waals surface area contributed by atoms with Gasteiger partial charge in [0.05, 0.1) is 12.3 Å². The van der Waals surface area contributed by atoms with E-state index in [1.165, 1.54) is 0 Å². The minimum absolute atomic E-state index is 0.125. The van der Waals surface area contributed by atoms with Gasteiger partial charge in [0.1, 0.15) is 0 Å². The molecule has 1 heterocycles. The van der Waals surface area contributed by atoms with Gasteiger partial charge in [0.2, 0.25) is 15.9 Å². The van der Waals surface area contributed by atoms with Gasteiger partial charge in [-0.25, -0.2) is 13.1 Å². The summed E-state index contributed by atoms with van der Waals surface area (Å²) < 4.78 is 24.7. The lowest BCUT2D eigenvalue weighted by atomic mass is 10.1. The number of hydrogen-bond acceptors (Lipinski definition) is 4. The Balaban J connectivity index is 2.57. The van der Waals surface area contributed by atoms with E-state index in [9.17, 15) is 13.2 Å². The fourth-order valence-corrected chi connectivity index (χ4v) is 2.66. The standard InChI is InChI=1S/C9H19N3O3S/c1-7(10)9(13)12-5-3-4-8(6-12)11-16(2,14)15/h7-8,11H,3-6,10H2,1-2H3/t7-,8?/m0/s1. The van der Waals surface area contributed by atoms with Crippen molar-refractivity contribution in [1.82, 2.24) is 9.62 Å². The SMILES string of the molecule is C[C@H](N)C(=O)N1CCCC(NS(C)(=O)=O)C1. The quantitative estimate of drug-likeness (QED) is 0.662. The number of sulfonamides is 1. The molecule has 1 unspecified atom stereocenters. The van der Waals surface area contributed by atoms with Crippen LogP contribution in [0.5, 0.6) is 0 Å². The van der Waals surface area contributed by atoms with Crippen molar-refractivity contribution in [3.05, 3.63) is 0 Å². The van der Waals surface area contributed by atoms with E-state index in [1.807, 2.05) is 0 Å². The van der Waals surface area contributed by atoms with Gasteiger partial charge in [0.15, 0.2) is 0 Å². The van der Waals surface area contributed by atoms with Crippen molar-refractivity contribution in [3.63, 3.8) is 0 Å². The fraction of sp³-hybridized carbons (Fsp3) is 0.889. The second-order valence-corrected chi connectivity index (χ2v) is 6.08. The van der Waals surface area contributed by atoms with Gasteiger partial charge < -0.3 is 10.6 Å². The van der Waals surface area contributed by atoms with Crippen molar-refractivity contribution in [2.75, 3.05) is 19.3 Å². The molecule has 0 spiro atoms. The first-order valence-electron chi connectivity index (χ1n) is 5.31. The van der Waals surface area contributed by atoms with Crippen molar-refractivity contribution in [3.8, 4) is 0 Å². The Morgan fingerprint density at radius 2 is 2.19 bits per heavy atom. The lowest BCUT2D eigenvalue weighted by Crippen LogP contribution is -2.52. The molecule has 0 aromatic rings. The predicted octanol–water partition coefficient (Wildman–Crippen LogP) is -1.13. The van der Waals surface area contributed by atoms with E-state index < -0.39 is 16.1 Å². The summed E-state index contributed by atoms with van der Waals surface area (Å²) in [5, 5.41) is 0. The van der Waals surface area contributed by atoms with Crippen molar-refractivity contribution < 1.29 is 13.2 Å². The zero-order valence-electron chi connectivity index (χ0n) is 9.64. The molecule has 1 saturated heterocycles. The third-order valence-electron chi connectivity index (χ3n) is 2.50. The average Bonchev–Trinajstić information content (AvgIpc) is 2.14. The molecule has 1 fully saturated rings. The van der Waals surface area contributed by atoms with Crippen LogP contribution in [0.2, 0.25) is 0 Å². The molecule has 0 aromatic carbocycles. The lowest BCUT2D eigenvalue weighted by Gasteiger charge is -2.33. The molecule has 6 nitrogen and oxygen atoms in total. The summed E-state index contributed by atoms with van der Waals surface area (Å²) in [6.45, 7) is 2.70. The first kappa shape index (κ1) is 13.4. The minimum Gasteiger partial charge on any atom is -0.340 e. The summed E-state index contributed by atoms with van der Waals surface area (Å²) >= 11 is 0. The number of rotatable bonds is 3. The molecule has 16 heavy (non-hydrogen) atoms. The Labute approximate surface area is 96.2 Å². The number of hydrogen-bond donors (Lipinski definition) is 2. The van der Waals surface area contributed by atoms with E-state index in [4.69, 9.17) is 5.73 Å². The van der Waals surface area contributed by atoms with Gasteiger partial charge in [-0.15, -0.1) is 0 Å². The van der Waals surface area contributed by atoms with Crippen LogP contribution in [0.25, 0.3) is 0 Å². The van der Waals surface area contributed by atoms with Crippen LogP contribution in [0.15, 0.2) is 0 Å². The van der Waals surface area contributed by atoms with Crippen LogP contribution in [0.3, 0.4) is 0 Å². The summed E-state index contributed by atoms with van der Waals surface area (Å²) in [4.78, 5) is 13.3. The number of piperidine rings is 1. The number of nitrogens with two attached hydrogens (primary N) is 1. The largest absolute Gasteiger partial charge is 0.340 e. The zero-order chi connectivity index (χ0) is 12.3. The van der Waals surface area contributed by atoms with Gasteiger partial charge in [-0.1, -0.05) is 0 Å². The molecule has 1 aliphatic rings. The Bertz CT molecular complexity index is 353. The van der Waals surface area contributed by atoms with Gasteiger partial charge >= 0.3 is 0 Å². The van der Waals surface area contributed by atoms with Crippen LogP contribution in [0.4, 0.5) is 0 Å². The van der Waals surface area contributed by atoms with Crippen molar-refractivity contribution in [1.29, 1.82) is 0 Å². The third kappa shape index (κ3) is 4.07. The van der Waals surface area contributed by atoms with Crippen LogP contribution in [0, 0.1) is 0 Å². The summed E-state index contributed by atoms with van der Waals surface area (Å²) in [6, 6.07) is -0.719. The molecule has 1 aliphatic heterocycles. The summed E-state index contributed by atoms with van der Waals surface area (Å²) in [5.41, 5.74) is 5.51. The summed E-state index contributed by atoms with van der Waals surface area (Å²) in [6.07, 6.45) is 2.68. The summed E-state index contributed by atoms with van der Waals surface area (Å²) in [5.74, 6) is -0.125. The Morgan fingerprint density at radius 3 is 2.69 bits per heavy atom.